The van der Waals surface area contributed by atoms with E-state index in [1.807, 2.05) is 0 Å². The Kier molecular flexibility index (Phi) is 8.96. The maximum Gasteiger partial charge on any atom is 0.0768 e. The van der Waals surface area contributed by atoms with E-state index < -0.39 is 5.60 Å². The van der Waals surface area contributed by atoms with E-state index in [9.17, 15) is 5.11 Å². The van der Waals surface area contributed by atoms with Gasteiger partial charge in [-0.05, 0) is 38.8 Å². The van der Waals surface area contributed by atoms with Crippen LogP contribution in [0.4, 0.5) is 0 Å². The topological polar surface area (TPSA) is 23.5 Å². The Labute approximate surface area is 102 Å². The quantitative estimate of drug-likeness (QED) is 0.620. The summed E-state index contributed by atoms with van der Waals surface area (Å²) in [6.07, 6.45) is 6.68. The fourth-order valence-corrected chi connectivity index (χ4v) is 1.92. The highest BCUT2D eigenvalue weighted by Gasteiger charge is 2.24. The van der Waals surface area contributed by atoms with Crippen molar-refractivity contribution in [1.29, 1.82) is 0 Å². The van der Waals surface area contributed by atoms with Crippen molar-refractivity contribution in [3.8, 4) is 0 Å². The standard InChI is InChI=1S/C14H31NO/c1-5-9-11-15(12-10-6-2)13-14(16,7-3)8-4/h16H,5-13H2,1-4H3. The number of nitrogens with zero attached hydrogens (tertiary/aromatic N) is 1. The minimum atomic E-state index is -0.471. The number of hydrogen-bond donors (Lipinski definition) is 1. The maximum absolute atomic E-state index is 10.4. The summed E-state index contributed by atoms with van der Waals surface area (Å²) in [6.45, 7) is 11.7. The first-order valence-corrected chi connectivity index (χ1v) is 7.06. The van der Waals surface area contributed by atoms with Crippen LogP contribution in [0.1, 0.15) is 66.2 Å². The van der Waals surface area contributed by atoms with Crippen molar-refractivity contribution < 1.29 is 5.11 Å². The Morgan fingerprint density at radius 1 is 0.875 bits per heavy atom. The van der Waals surface area contributed by atoms with Gasteiger partial charge in [0, 0.05) is 6.54 Å². The van der Waals surface area contributed by atoms with E-state index in [4.69, 9.17) is 0 Å². The molecule has 0 aliphatic rings. The minimum Gasteiger partial charge on any atom is -0.389 e. The summed E-state index contributed by atoms with van der Waals surface area (Å²) in [7, 11) is 0. The van der Waals surface area contributed by atoms with Crippen LogP contribution in [0.5, 0.6) is 0 Å². The highest BCUT2D eigenvalue weighted by Crippen LogP contribution is 2.17. The average molecular weight is 229 g/mol. The molecule has 16 heavy (non-hydrogen) atoms. The van der Waals surface area contributed by atoms with Crippen LogP contribution < -0.4 is 0 Å². The number of hydrogen-bond acceptors (Lipinski definition) is 2. The van der Waals surface area contributed by atoms with Gasteiger partial charge in [-0.3, -0.25) is 0 Å². The van der Waals surface area contributed by atoms with Gasteiger partial charge in [0.1, 0.15) is 0 Å². The Bertz CT molecular complexity index is 147. The van der Waals surface area contributed by atoms with E-state index in [1.54, 1.807) is 0 Å². The molecule has 0 aliphatic heterocycles. The lowest BCUT2D eigenvalue weighted by Crippen LogP contribution is -2.43. The lowest BCUT2D eigenvalue weighted by Gasteiger charge is -2.33. The summed E-state index contributed by atoms with van der Waals surface area (Å²) in [6, 6.07) is 0. The van der Waals surface area contributed by atoms with Crippen LogP contribution in [0.15, 0.2) is 0 Å². The summed E-state index contributed by atoms with van der Waals surface area (Å²) in [4.78, 5) is 2.44. The van der Waals surface area contributed by atoms with E-state index in [2.05, 4.69) is 32.6 Å². The van der Waals surface area contributed by atoms with E-state index in [0.717, 1.165) is 32.5 Å². The monoisotopic (exact) mass is 229 g/mol. The number of rotatable bonds is 10. The molecule has 0 aromatic rings. The molecule has 0 aromatic heterocycles. The average Bonchev–Trinajstić information content (AvgIpc) is 2.32. The third-order valence-electron chi connectivity index (χ3n) is 3.49. The van der Waals surface area contributed by atoms with Gasteiger partial charge in [-0.15, -0.1) is 0 Å². The molecule has 0 fully saturated rings. The second-order valence-electron chi connectivity index (χ2n) is 4.91. The van der Waals surface area contributed by atoms with Crippen molar-refractivity contribution in [2.24, 2.45) is 0 Å². The van der Waals surface area contributed by atoms with Gasteiger partial charge in [-0.1, -0.05) is 40.5 Å². The lowest BCUT2D eigenvalue weighted by molar-refractivity contribution is -0.00400. The molecule has 0 atom stereocenters. The lowest BCUT2D eigenvalue weighted by atomic mass is 9.96. The predicted molar refractivity (Wildman–Crippen MR) is 71.8 cm³/mol. The first-order valence-electron chi connectivity index (χ1n) is 7.06. The molecule has 0 aromatic carbocycles. The van der Waals surface area contributed by atoms with Crippen LogP contribution in [0.25, 0.3) is 0 Å². The van der Waals surface area contributed by atoms with Crippen LogP contribution in [-0.2, 0) is 0 Å². The molecular weight excluding hydrogens is 198 g/mol. The van der Waals surface area contributed by atoms with Gasteiger partial charge in [0.15, 0.2) is 0 Å². The zero-order valence-electron chi connectivity index (χ0n) is 11.8. The summed E-state index contributed by atoms with van der Waals surface area (Å²) in [5.74, 6) is 0. The molecule has 2 nitrogen and oxygen atoms in total. The van der Waals surface area contributed by atoms with Crippen molar-refractivity contribution in [1.82, 2.24) is 4.90 Å². The van der Waals surface area contributed by atoms with Gasteiger partial charge < -0.3 is 10.0 Å². The van der Waals surface area contributed by atoms with Gasteiger partial charge in [0.25, 0.3) is 0 Å². The molecule has 0 amide bonds. The van der Waals surface area contributed by atoms with Crippen molar-refractivity contribution in [3.63, 3.8) is 0 Å². The van der Waals surface area contributed by atoms with Crippen LogP contribution >= 0.6 is 0 Å². The molecule has 0 spiro atoms. The maximum atomic E-state index is 10.4. The highest BCUT2D eigenvalue weighted by atomic mass is 16.3. The summed E-state index contributed by atoms with van der Waals surface area (Å²) >= 11 is 0. The van der Waals surface area contributed by atoms with E-state index in [-0.39, 0.29) is 0 Å². The second-order valence-corrected chi connectivity index (χ2v) is 4.91. The second kappa shape index (κ2) is 9.00. The zero-order valence-corrected chi connectivity index (χ0v) is 11.8. The smallest absolute Gasteiger partial charge is 0.0768 e. The van der Waals surface area contributed by atoms with Gasteiger partial charge >= 0.3 is 0 Å². The van der Waals surface area contributed by atoms with Crippen molar-refractivity contribution in [2.45, 2.75) is 71.8 Å². The fourth-order valence-electron chi connectivity index (χ4n) is 1.92. The fraction of sp³-hybridized carbons (Fsp3) is 1.00. The molecule has 0 saturated heterocycles. The van der Waals surface area contributed by atoms with Gasteiger partial charge in [0.05, 0.1) is 5.60 Å². The van der Waals surface area contributed by atoms with E-state index in [0.29, 0.717) is 0 Å². The van der Waals surface area contributed by atoms with E-state index in [1.165, 1.54) is 25.7 Å². The third kappa shape index (κ3) is 6.49. The summed E-state index contributed by atoms with van der Waals surface area (Å²) in [5.41, 5.74) is -0.471. The van der Waals surface area contributed by atoms with Gasteiger partial charge in [-0.25, -0.2) is 0 Å². The molecule has 1 N–H and O–H groups in total. The van der Waals surface area contributed by atoms with Gasteiger partial charge in [-0.2, -0.15) is 0 Å². The number of unbranched alkanes of at least 4 members (excludes halogenated alkanes) is 2. The molecule has 0 aliphatic carbocycles. The number of aliphatic hydroxyl groups is 1. The molecule has 0 saturated carbocycles. The third-order valence-corrected chi connectivity index (χ3v) is 3.49. The Balaban J connectivity index is 4.15. The minimum absolute atomic E-state index is 0.471. The zero-order chi connectivity index (χ0) is 12.4. The molecular formula is C14H31NO. The van der Waals surface area contributed by atoms with Crippen LogP contribution in [0, 0.1) is 0 Å². The summed E-state index contributed by atoms with van der Waals surface area (Å²) in [5, 5.41) is 10.4. The first kappa shape index (κ1) is 15.9. The Hall–Kier alpha value is -0.0800. The first-order chi connectivity index (χ1) is 7.61. The van der Waals surface area contributed by atoms with E-state index >= 15 is 0 Å². The normalized spacial score (nSPS) is 12.4. The Morgan fingerprint density at radius 2 is 1.31 bits per heavy atom. The van der Waals surface area contributed by atoms with Crippen molar-refractivity contribution in [3.05, 3.63) is 0 Å². The summed E-state index contributed by atoms with van der Waals surface area (Å²) < 4.78 is 0. The van der Waals surface area contributed by atoms with Crippen molar-refractivity contribution >= 4 is 0 Å². The van der Waals surface area contributed by atoms with Crippen LogP contribution in [0.3, 0.4) is 0 Å². The largest absolute Gasteiger partial charge is 0.389 e. The molecule has 0 unspecified atom stereocenters. The SMILES string of the molecule is CCCCN(CCCC)CC(O)(CC)CC. The molecule has 98 valence electrons. The molecule has 0 rings (SSSR count). The Morgan fingerprint density at radius 3 is 1.62 bits per heavy atom. The molecule has 0 heterocycles. The molecule has 0 radical (unpaired) electrons. The molecule has 0 bridgehead atoms. The predicted octanol–water partition coefficient (Wildman–Crippen LogP) is 3.44. The van der Waals surface area contributed by atoms with Crippen LogP contribution in [-0.4, -0.2) is 35.2 Å². The molecule has 2 heteroatoms. The van der Waals surface area contributed by atoms with Gasteiger partial charge in [0.2, 0.25) is 0 Å². The van der Waals surface area contributed by atoms with Crippen molar-refractivity contribution in [2.75, 3.05) is 19.6 Å². The van der Waals surface area contributed by atoms with Crippen LogP contribution in [0.2, 0.25) is 0 Å². The highest BCUT2D eigenvalue weighted by molar-refractivity contribution is 4.79.